The lowest BCUT2D eigenvalue weighted by Gasteiger charge is -2.30. The van der Waals surface area contributed by atoms with Crippen molar-refractivity contribution in [3.63, 3.8) is 0 Å². The van der Waals surface area contributed by atoms with Gasteiger partial charge < -0.3 is 10.6 Å². The van der Waals surface area contributed by atoms with E-state index in [0.717, 1.165) is 24.2 Å². The van der Waals surface area contributed by atoms with Gasteiger partial charge in [0, 0.05) is 11.4 Å². The molecule has 0 saturated carbocycles. The van der Waals surface area contributed by atoms with E-state index in [0.29, 0.717) is 5.11 Å². The van der Waals surface area contributed by atoms with Crippen molar-refractivity contribution in [2.75, 3.05) is 10.6 Å². The SMILES string of the molecule is CCc1cccc(CC)c1NC(=S)Nc1c(C(C)(C)C)cccc1C(C)(C)C. The van der Waals surface area contributed by atoms with Crippen LogP contribution in [0.1, 0.15) is 77.6 Å². The fraction of sp³-hybridized carbons (Fsp3) is 0.480. The van der Waals surface area contributed by atoms with Gasteiger partial charge in [-0.2, -0.15) is 0 Å². The number of aryl methyl sites for hydroxylation is 2. The molecule has 2 rings (SSSR count). The minimum Gasteiger partial charge on any atom is -0.332 e. The largest absolute Gasteiger partial charge is 0.332 e. The maximum atomic E-state index is 5.78. The van der Waals surface area contributed by atoms with Crippen LogP contribution in [0.25, 0.3) is 0 Å². The third-order valence-corrected chi connectivity index (χ3v) is 5.36. The van der Waals surface area contributed by atoms with Gasteiger partial charge in [-0.05, 0) is 58.1 Å². The number of anilines is 2. The van der Waals surface area contributed by atoms with E-state index in [1.807, 2.05) is 0 Å². The highest BCUT2D eigenvalue weighted by Gasteiger charge is 2.26. The zero-order chi connectivity index (χ0) is 21.1. The first kappa shape index (κ1) is 22.4. The molecule has 2 aromatic carbocycles. The summed E-state index contributed by atoms with van der Waals surface area (Å²) in [5, 5.41) is 7.72. The third-order valence-electron chi connectivity index (χ3n) is 5.16. The molecule has 0 amide bonds. The van der Waals surface area contributed by atoms with Crippen LogP contribution in [0.4, 0.5) is 11.4 Å². The van der Waals surface area contributed by atoms with Crippen LogP contribution in [0.15, 0.2) is 36.4 Å². The second-order valence-corrected chi connectivity index (χ2v) is 9.87. The Hall–Kier alpha value is -1.87. The minimum atomic E-state index is 0.0229. The predicted molar refractivity (Wildman–Crippen MR) is 129 cm³/mol. The van der Waals surface area contributed by atoms with E-state index < -0.39 is 0 Å². The van der Waals surface area contributed by atoms with Gasteiger partial charge in [-0.15, -0.1) is 0 Å². The number of rotatable bonds is 4. The molecule has 2 nitrogen and oxygen atoms in total. The molecule has 0 fully saturated rings. The first-order valence-electron chi connectivity index (χ1n) is 10.3. The lowest BCUT2D eigenvalue weighted by Crippen LogP contribution is -2.27. The van der Waals surface area contributed by atoms with Crippen molar-refractivity contribution in [1.29, 1.82) is 0 Å². The Morgan fingerprint density at radius 2 is 1.11 bits per heavy atom. The molecule has 0 heterocycles. The lowest BCUT2D eigenvalue weighted by atomic mass is 9.79. The molecule has 0 aliphatic heterocycles. The fourth-order valence-electron chi connectivity index (χ4n) is 3.60. The summed E-state index contributed by atoms with van der Waals surface area (Å²) in [6.45, 7) is 17.9. The molecular formula is C25H36N2S. The van der Waals surface area contributed by atoms with Gasteiger partial charge in [-0.25, -0.2) is 0 Å². The molecule has 0 unspecified atom stereocenters. The van der Waals surface area contributed by atoms with E-state index in [2.05, 4.69) is 102 Å². The molecule has 0 aromatic heterocycles. The summed E-state index contributed by atoms with van der Waals surface area (Å²) in [5.74, 6) is 0. The predicted octanol–water partition coefficient (Wildman–Crippen LogP) is 7.22. The Morgan fingerprint density at radius 1 is 0.714 bits per heavy atom. The van der Waals surface area contributed by atoms with Crippen LogP contribution < -0.4 is 10.6 Å². The minimum absolute atomic E-state index is 0.0229. The molecule has 2 N–H and O–H groups in total. The third kappa shape index (κ3) is 5.14. The molecule has 152 valence electrons. The molecule has 0 spiro atoms. The Labute approximate surface area is 177 Å². The molecule has 0 bridgehead atoms. The van der Waals surface area contributed by atoms with Gasteiger partial charge in [0.25, 0.3) is 0 Å². The fourth-order valence-corrected chi connectivity index (χ4v) is 3.80. The molecule has 2 aromatic rings. The number of para-hydroxylation sites is 2. The molecule has 0 radical (unpaired) electrons. The highest BCUT2D eigenvalue weighted by atomic mass is 32.1. The summed E-state index contributed by atoms with van der Waals surface area (Å²) in [6, 6.07) is 13.0. The second-order valence-electron chi connectivity index (χ2n) is 9.47. The quantitative estimate of drug-likeness (QED) is 0.534. The van der Waals surface area contributed by atoms with E-state index in [1.165, 1.54) is 22.3 Å². The summed E-state index contributed by atoms with van der Waals surface area (Å²) in [5.41, 5.74) is 7.48. The van der Waals surface area contributed by atoms with Crippen LogP contribution >= 0.6 is 12.2 Å². The van der Waals surface area contributed by atoms with E-state index >= 15 is 0 Å². The molecule has 3 heteroatoms. The van der Waals surface area contributed by atoms with E-state index in [4.69, 9.17) is 12.2 Å². The molecule has 0 atom stereocenters. The van der Waals surface area contributed by atoms with Crippen molar-refractivity contribution in [3.05, 3.63) is 58.7 Å². The zero-order valence-electron chi connectivity index (χ0n) is 18.8. The van der Waals surface area contributed by atoms with Crippen molar-refractivity contribution >= 4 is 28.7 Å². The van der Waals surface area contributed by atoms with Crippen molar-refractivity contribution in [1.82, 2.24) is 0 Å². The standard InChI is InChI=1S/C25H36N2S/c1-9-17-13-11-14-18(10-2)21(17)26-23(28)27-22-19(24(3,4)5)15-12-16-20(22)25(6,7)8/h11-16H,9-10H2,1-8H3,(H2,26,27,28). The van der Waals surface area contributed by atoms with E-state index in [9.17, 15) is 0 Å². The number of benzene rings is 2. The Morgan fingerprint density at radius 3 is 1.50 bits per heavy atom. The summed E-state index contributed by atoms with van der Waals surface area (Å²) in [4.78, 5) is 0. The van der Waals surface area contributed by atoms with Crippen molar-refractivity contribution < 1.29 is 0 Å². The highest BCUT2D eigenvalue weighted by molar-refractivity contribution is 7.80. The monoisotopic (exact) mass is 396 g/mol. The summed E-state index contributed by atoms with van der Waals surface area (Å²) < 4.78 is 0. The second kappa shape index (κ2) is 8.65. The normalized spacial score (nSPS) is 12.0. The van der Waals surface area contributed by atoms with Crippen LogP contribution in [0.3, 0.4) is 0 Å². The average Bonchev–Trinajstić information content (AvgIpc) is 2.60. The Bertz CT molecular complexity index is 784. The summed E-state index contributed by atoms with van der Waals surface area (Å²) >= 11 is 5.78. The molecule has 0 aliphatic rings. The molecule has 0 saturated heterocycles. The highest BCUT2D eigenvalue weighted by Crippen LogP contribution is 2.38. The topological polar surface area (TPSA) is 24.1 Å². The van der Waals surface area contributed by atoms with Crippen LogP contribution in [0.5, 0.6) is 0 Å². The summed E-state index contributed by atoms with van der Waals surface area (Å²) in [7, 11) is 0. The maximum Gasteiger partial charge on any atom is 0.175 e. The van der Waals surface area contributed by atoms with E-state index in [-0.39, 0.29) is 10.8 Å². The van der Waals surface area contributed by atoms with Crippen LogP contribution in [-0.4, -0.2) is 5.11 Å². The zero-order valence-corrected chi connectivity index (χ0v) is 19.6. The number of thiocarbonyl (C=S) groups is 1. The maximum absolute atomic E-state index is 5.78. The van der Waals surface area contributed by atoms with Gasteiger partial charge >= 0.3 is 0 Å². The average molecular weight is 397 g/mol. The van der Waals surface area contributed by atoms with Gasteiger partial charge in [-0.3, -0.25) is 0 Å². The van der Waals surface area contributed by atoms with Crippen LogP contribution in [-0.2, 0) is 23.7 Å². The van der Waals surface area contributed by atoms with Crippen LogP contribution in [0.2, 0.25) is 0 Å². The van der Waals surface area contributed by atoms with Gasteiger partial charge in [0.15, 0.2) is 5.11 Å². The van der Waals surface area contributed by atoms with Crippen molar-refractivity contribution in [2.45, 2.75) is 79.1 Å². The molecule has 28 heavy (non-hydrogen) atoms. The lowest BCUT2D eigenvalue weighted by molar-refractivity contribution is 0.573. The number of hydrogen-bond acceptors (Lipinski definition) is 1. The molecule has 0 aliphatic carbocycles. The number of hydrogen-bond donors (Lipinski definition) is 2. The van der Waals surface area contributed by atoms with Gasteiger partial charge in [0.1, 0.15) is 0 Å². The smallest absolute Gasteiger partial charge is 0.175 e. The van der Waals surface area contributed by atoms with Gasteiger partial charge in [0.2, 0.25) is 0 Å². The first-order chi connectivity index (χ1) is 13.0. The van der Waals surface area contributed by atoms with Gasteiger partial charge in [-0.1, -0.05) is 91.8 Å². The van der Waals surface area contributed by atoms with Crippen LogP contribution in [0, 0.1) is 0 Å². The molecular weight excluding hydrogens is 360 g/mol. The van der Waals surface area contributed by atoms with Crippen molar-refractivity contribution in [3.8, 4) is 0 Å². The number of nitrogens with one attached hydrogen (secondary N) is 2. The first-order valence-corrected chi connectivity index (χ1v) is 10.7. The van der Waals surface area contributed by atoms with Gasteiger partial charge in [0.05, 0.1) is 0 Å². The summed E-state index contributed by atoms with van der Waals surface area (Å²) in [6.07, 6.45) is 1.95. The van der Waals surface area contributed by atoms with E-state index in [1.54, 1.807) is 0 Å². The van der Waals surface area contributed by atoms with Crippen molar-refractivity contribution in [2.24, 2.45) is 0 Å². The Balaban J connectivity index is 2.45. The Kier molecular flexibility index (Phi) is 6.93.